The second-order valence-electron chi connectivity index (χ2n) is 5.43. The first-order chi connectivity index (χ1) is 12.3. The van der Waals surface area contributed by atoms with Crippen molar-refractivity contribution in [1.29, 1.82) is 5.26 Å². The molecule has 134 valence electrons. The highest BCUT2D eigenvalue weighted by atomic mass is 32.2. The molecule has 0 aliphatic carbocycles. The Morgan fingerprint density at radius 3 is 2.46 bits per heavy atom. The molecule has 0 saturated carbocycles. The van der Waals surface area contributed by atoms with E-state index >= 15 is 0 Å². The van der Waals surface area contributed by atoms with Gasteiger partial charge in [0.2, 0.25) is 0 Å². The zero-order chi connectivity index (χ0) is 19.2. The third-order valence-corrected chi connectivity index (χ3v) is 4.54. The molecular weight excluding hydrogens is 354 g/mol. The highest BCUT2D eigenvalue weighted by Crippen LogP contribution is 2.16. The lowest BCUT2D eigenvalue weighted by atomic mass is 10.1. The van der Waals surface area contributed by atoms with Gasteiger partial charge in [0.25, 0.3) is 5.91 Å². The van der Waals surface area contributed by atoms with E-state index in [1.807, 2.05) is 6.07 Å². The zero-order valence-corrected chi connectivity index (χ0v) is 15.1. The van der Waals surface area contributed by atoms with Crippen molar-refractivity contribution in [2.75, 3.05) is 12.9 Å². The first-order valence-electron chi connectivity index (χ1n) is 7.57. The topological polar surface area (TPSA) is 109 Å². The van der Waals surface area contributed by atoms with Crippen molar-refractivity contribution in [1.82, 2.24) is 5.43 Å². The Morgan fingerprint density at radius 1 is 1.19 bits per heavy atom. The highest BCUT2D eigenvalue weighted by molar-refractivity contribution is 7.90. The molecule has 2 aromatic carbocycles. The van der Waals surface area contributed by atoms with Gasteiger partial charge in [0, 0.05) is 6.26 Å². The van der Waals surface area contributed by atoms with Crippen LogP contribution >= 0.6 is 0 Å². The second-order valence-corrected chi connectivity index (χ2v) is 7.44. The summed E-state index contributed by atoms with van der Waals surface area (Å²) in [5.41, 5.74) is 3.88. The van der Waals surface area contributed by atoms with Gasteiger partial charge in [-0.15, -0.1) is 0 Å². The lowest BCUT2D eigenvalue weighted by Gasteiger charge is -2.07. The van der Waals surface area contributed by atoms with Crippen LogP contribution in [0.25, 0.3) is 0 Å². The first kappa shape index (κ1) is 19.1. The predicted octanol–water partition coefficient (Wildman–Crippen LogP) is 1.88. The summed E-state index contributed by atoms with van der Waals surface area (Å²) in [4.78, 5) is 12.0. The summed E-state index contributed by atoms with van der Waals surface area (Å²) in [5.74, 6) is -0.160. The van der Waals surface area contributed by atoms with Crippen LogP contribution in [0.4, 0.5) is 0 Å². The number of hydrogen-bond donors (Lipinski definition) is 1. The fraction of sp³-hybridized carbons (Fsp3) is 0.167. The van der Waals surface area contributed by atoms with Crippen LogP contribution in [0, 0.1) is 11.3 Å². The molecule has 0 atom stereocenters. The van der Waals surface area contributed by atoms with Crippen LogP contribution in [0.15, 0.2) is 58.5 Å². The second kappa shape index (κ2) is 8.27. The number of nitrogens with zero attached hydrogens (tertiary/aromatic N) is 2. The Morgan fingerprint density at radius 2 is 1.85 bits per heavy atom. The van der Waals surface area contributed by atoms with E-state index in [4.69, 9.17) is 10.00 Å². The number of benzene rings is 2. The SMILES string of the molecule is C/C(=N/NC(=O)COc1ccccc1C#N)c1ccc(S(C)(=O)=O)cc1. The van der Waals surface area contributed by atoms with E-state index in [0.29, 0.717) is 22.6 Å². The molecule has 26 heavy (non-hydrogen) atoms. The molecule has 8 heteroatoms. The molecule has 2 aromatic rings. The maximum atomic E-state index is 11.8. The normalized spacial score (nSPS) is 11.5. The van der Waals surface area contributed by atoms with Crippen LogP contribution in [0.2, 0.25) is 0 Å². The molecule has 0 bridgehead atoms. The van der Waals surface area contributed by atoms with Crippen LogP contribution in [0.5, 0.6) is 5.75 Å². The highest BCUT2D eigenvalue weighted by Gasteiger charge is 2.08. The number of nitrogens with one attached hydrogen (secondary N) is 1. The van der Waals surface area contributed by atoms with Crippen molar-refractivity contribution in [3.8, 4) is 11.8 Å². The molecule has 0 spiro atoms. The fourth-order valence-electron chi connectivity index (χ4n) is 2.01. The number of rotatable bonds is 6. The van der Waals surface area contributed by atoms with Crippen LogP contribution < -0.4 is 10.2 Å². The molecular formula is C18H17N3O4S. The summed E-state index contributed by atoms with van der Waals surface area (Å²) >= 11 is 0. The minimum absolute atomic E-state index is 0.211. The molecule has 0 saturated heterocycles. The number of nitriles is 1. The Hall–Kier alpha value is -3.18. The number of hydrazone groups is 1. The van der Waals surface area contributed by atoms with E-state index in [2.05, 4.69) is 10.5 Å². The van der Waals surface area contributed by atoms with Crippen LogP contribution in [-0.2, 0) is 14.6 Å². The van der Waals surface area contributed by atoms with Gasteiger partial charge in [-0.1, -0.05) is 24.3 Å². The Balaban J connectivity index is 1.96. The minimum Gasteiger partial charge on any atom is -0.482 e. The van der Waals surface area contributed by atoms with Gasteiger partial charge in [-0.05, 0) is 36.8 Å². The summed E-state index contributed by atoms with van der Waals surface area (Å²) in [6.07, 6.45) is 1.13. The van der Waals surface area contributed by atoms with Crippen molar-refractivity contribution in [2.24, 2.45) is 5.10 Å². The number of ether oxygens (including phenoxy) is 1. The molecule has 1 amide bonds. The van der Waals surface area contributed by atoms with Crippen LogP contribution in [0.3, 0.4) is 0 Å². The average molecular weight is 371 g/mol. The van der Waals surface area contributed by atoms with Gasteiger partial charge in [-0.3, -0.25) is 4.79 Å². The van der Waals surface area contributed by atoms with Gasteiger partial charge >= 0.3 is 0 Å². The maximum absolute atomic E-state index is 11.8. The molecule has 0 aliphatic rings. The quantitative estimate of drug-likeness (QED) is 0.616. The summed E-state index contributed by atoms with van der Waals surface area (Å²) in [6.45, 7) is 1.39. The van der Waals surface area contributed by atoms with Crippen LogP contribution in [-0.4, -0.2) is 32.9 Å². The smallest absolute Gasteiger partial charge is 0.277 e. The third kappa shape index (κ3) is 5.16. The predicted molar refractivity (Wildman–Crippen MR) is 96.6 cm³/mol. The Kier molecular flexibility index (Phi) is 6.09. The van der Waals surface area contributed by atoms with Gasteiger partial charge in [0.05, 0.1) is 16.2 Å². The van der Waals surface area contributed by atoms with E-state index in [9.17, 15) is 13.2 Å². The van der Waals surface area contributed by atoms with Crippen molar-refractivity contribution in [3.63, 3.8) is 0 Å². The van der Waals surface area contributed by atoms with Crippen molar-refractivity contribution in [3.05, 3.63) is 59.7 Å². The summed E-state index contributed by atoms with van der Waals surface area (Å²) in [5, 5.41) is 12.9. The summed E-state index contributed by atoms with van der Waals surface area (Å²) in [6, 6.07) is 14.8. The van der Waals surface area contributed by atoms with E-state index in [1.54, 1.807) is 43.3 Å². The number of carbonyl (C=O) groups is 1. The molecule has 0 heterocycles. The van der Waals surface area contributed by atoms with E-state index in [0.717, 1.165) is 6.26 Å². The Bertz CT molecular complexity index is 974. The lowest BCUT2D eigenvalue weighted by Crippen LogP contribution is -2.25. The molecule has 0 aromatic heterocycles. The standard InChI is InChI=1S/C18H17N3O4S/c1-13(14-7-9-16(10-8-14)26(2,23)24)20-21-18(22)12-25-17-6-4-3-5-15(17)11-19/h3-10H,12H2,1-2H3,(H,21,22)/b20-13-. The molecule has 0 aliphatic heterocycles. The van der Waals surface area contributed by atoms with E-state index in [-0.39, 0.29) is 11.5 Å². The number of para-hydroxylation sites is 1. The van der Waals surface area contributed by atoms with Gasteiger partial charge < -0.3 is 4.74 Å². The number of sulfone groups is 1. The molecule has 1 N–H and O–H groups in total. The average Bonchev–Trinajstić information content (AvgIpc) is 2.64. The monoisotopic (exact) mass is 371 g/mol. The number of amides is 1. The molecule has 2 rings (SSSR count). The van der Waals surface area contributed by atoms with E-state index < -0.39 is 15.7 Å². The maximum Gasteiger partial charge on any atom is 0.277 e. The summed E-state index contributed by atoms with van der Waals surface area (Å²) in [7, 11) is -3.26. The molecule has 0 fully saturated rings. The number of carbonyl (C=O) groups excluding carboxylic acids is 1. The molecule has 0 radical (unpaired) electrons. The molecule has 0 unspecified atom stereocenters. The minimum atomic E-state index is -3.26. The zero-order valence-electron chi connectivity index (χ0n) is 14.3. The van der Waals surface area contributed by atoms with Crippen molar-refractivity contribution in [2.45, 2.75) is 11.8 Å². The largest absolute Gasteiger partial charge is 0.482 e. The first-order valence-corrected chi connectivity index (χ1v) is 9.46. The van der Waals surface area contributed by atoms with Gasteiger partial charge in [0.1, 0.15) is 11.8 Å². The van der Waals surface area contributed by atoms with Crippen molar-refractivity contribution < 1.29 is 17.9 Å². The molecule has 7 nitrogen and oxygen atoms in total. The van der Waals surface area contributed by atoms with Crippen molar-refractivity contribution >= 4 is 21.5 Å². The fourth-order valence-corrected chi connectivity index (χ4v) is 2.65. The number of hydrogen-bond acceptors (Lipinski definition) is 6. The van der Waals surface area contributed by atoms with Gasteiger partial charge in [-0.25, -0.2) is 13.8 Å². The Labute approximate surface area is 151 Å². The lowest BCUT2D eigenvalue weighted by molar-refractivity contribution is -0.123. The van der Waals surface area contributed by atoms with E-state index in [1.165, 1.54) is 12.1 Å². The van der Waals surface area contributed by atoms with Gasteiger partial charge in [-0.2, -0.15) is 10.4 Å². The summed E-state index contributed by atoms with van der Waals surface area (Å²) < 4.78 is 28.2. The van der Waals surface area contributed by atoms with Gasteiger partial charge in [0.15, 0.2) is 16.4 Å². The van der Waals surface area contributed by atoms with Crippen LogP contribution in [0.1, 0.15) is 18.1 Å². The third-order valence-electron chi connectivity index (χ3n) is 3.41.